The molecule has 1 aliphatic heterocycles. The zero-order valence-corrected chi connectivity index (χ0v) is 22.4. The topological polar surface area (TPSA) is 93.5 Å². The largest absolute Gasteiger partial charge is 0.457 e. The standard InChI is InChI=1S/C29H33FN6O3/c1-19(2)23-16-20(4-6-24(23)30)33-29-34-25-17-21(5-7-27(25)35(29)3)39-22-8-9-31-26(18-22)28(37)32-10-11-36-12-14-38-15-13-36/h4-9,16-19H,10-15H2,1-3H3,(H,32,37)(H,33,34). The van der Waals surface area contributed by atoms with Crippen molar-refractivity contribution in [3.8, 4) is 11.5 Å². The third-order valence-electron chi connectivity index (χ3n) is 6.74. The maximum absolute atomic E-state index is 14.1. The van der Waals surface area contributed by atoms with Crippen LogP contribution in [0.5, 0.6) is 11.5 Å². The molecule has 5 rings (SSSR count). The Hall–Kier alpha value is -4.02. The van der Waals surface area contributed by atoms with Crippen LogP contribution in [0.15, 0.2) is 54.7 Å². The third kappa shape index (κ3) is 6.35. The number of nitrogens with one attached hydrogen (secondary N) is 2. The van der Waals surface area contributed by atoms with E-state index in [0.29, 0.717) is 35.2 Å². The summed E-state index contributed by atoms with van der Waals surface area (Å²) in [5.41, 5.74) is 3.35. The number of anilines is 2. The number of hydrogen-bond donors (Lipinski definition) is 2. The van der Waals surface area contributed by atoms with Crippen molar-refractivity contribution < 1.29 is 18.7 Å². The predicted octanol–water partition coefficient (Wildman–Crippen LogP) is 4.83. The minimum Gasteiger partial charge on any atom is -0.457 e. The van der Waals surface area contributed by atoms with Gasteiger partial charge in [0.1, 0.15) is 23.0 Å². The van der Waals surface area contributed by atoms with Gasteiger partial charge in [-0.25, -0.2) is 9.37 Å². The monoisotopic (exact) mass is 532 g/mol. The van der Waals surface area contributed by atoms with Crippen molar-refractivity contribution in [1.82, 2.24) is 24.8 Å². The van der Waals surface area contributed by atoms with Crippen LogP contribution in [0.25, 0.3) is 11.0 Å². The molecule has 0 saturated carbocycles. The first-order valence-electron chi connectivity index (χ1n) is 13.1. The van der Waals surface area contributed by atoms with E-state index in [0.717, 1.165) is 49.6 Å². The van der Waals surface area contributed by atoms with Crippen LogP contribution in [0.2, 0.25) is 0 Å². The number of morpholine rings is 1. The van der Waals surface area contributed by atoms with Crippen LogP contribution in [0.1, 0.15) is 35.8 Å². The van der Waals surface area contributed by atoms with Gasteiger partial charge in [-0.05, 0) is 47.9 Å². The summed E-state index contributed by atoms with van der Waals surface area (Å²) in [6.07, 6.45) is 1.56. The van der Waals surface area contributed by atoms with Gasteiger partial charge in [0, 0.05) is 57.2 Å². The summed E-state index contributed by atoms with van der Waals surface area (Å²) < 4.78 is 27.5. The molecule has 0 unspecified atom stereocenters. The maximum atomic E-state index is 14.1. The van der Waals surface area contributed by atoms with Crippen molar-refractivity contribution in [3.05, 3.63) is 71.8 Å². The van der Waals surface area contributed by atoms with Crippen molar-refractivity contribution in [3.63, 3.8) is 0 Å². The molecule has 3 heterocycles. The van der Waals surface area contributed by atoms with Crippen LogP contribution in [0.4, 0.5) is 16.0 Å². The molecule has 0 radical (unpaired) electrons. The van der Waals surface area contributed by atoms with Gasteiger partial charge in [-0.15, -0.1) is 0 Å². The third-order valence-corrected chi connectivity index (χ3v) is 6.74. The van der Waals surface area contributed by atoms with Crippen LogP contribution in [0.3, 0.4) is 0 Å². The summed E-state index contributed by atoms with van der Waals surface area (Å²) >= 11 is 0. The molecule has 0 spiro atoms. The molecule has 4 aromatic rings. The number of nitrogens with zero attached hydrogens (tertiary/aromatic N) is 4. The summed E-state index contributed by atoms with van der Waals surface area (Å²) in [7, 11) is 1.91. The normalized spacial score (nSPS) is 14.1. The summed E-state index contributed by atoms with van der Waals surface area (Å²) in [5.74, 6) is 1.33. The highest BCUT2D eigenvalue weighted by molar-refractivity contribution is 5.92. The Kier molecular flexibility index (Phi) is 8.04. The lowest BCUT2D eigenvalue weighted by Gasteiger charge is -2.26. The number of carbonyl (C=O) groups excluding carboxylic acids is 1. The SMILES string of the molecule is CC(C)c1cc(Nc2nc3cc(Oc4ccnc(C(=O)NCCN5CCOCC5)c4)ccc3n2C)ccc1F. The molecule has 204 valence electrons. The van der Waals surface area contributed by atoms with Crippen LogP contribution < -0.4 is 15.4 Å². The van der Waals surface area contributed by atoms with Gasteiger partial charge in [0.05, 0.1) is 24.2 Å². The highest BCUT2D eigenvalue weighted by atomic mass is 19.1. The first kappa shape index (κ1) is 26.6. The molecular weight excluding hydrogens is 499 g/mol. The zero-order valence-electron chi connectivity index (χ0n) is 22.4. The van der Waals surface area contributed by atoms with Gasteiger partial charge in [-0.2, -0.15) is 0 Å². The van der Waals surface area contributed by atoms with Crippen LogP contribution in [-0.4, -0.2) is 64.7 Å². The lowest BCUT2D eigenvalue weighted by Crippen LogP contribution is -2.41. The van der Waals surface area contributed by atoms with Gasteiger partial charge in [0.15, 0.2) is 0 Å². The first-order chi connectivity index (χ1) is 18.9. The quantitative estimate of drug-likeness (QED) is 0.319. The molecule has 10 heteroatoms. The number of carbonyl (C=O) groups is 1. The van der Waals surface area contributed by atoms with Gasteiger partial charge in [0.2, 0.25) is 5.95 Å². The molecule has 2 N–H and O–H groups in total. The van der Waals surface area contributed by atoms with Gasteiger partial charge < -0.3 is 24.7 Å². The summed E-state index contributed by atoms with van der Waals surface area (Å²) in [6, 6.07) is 13.9. The fourth-order valence-corrected chi connectivity index (χ4v) is 4.53. The van der Waals surface area contributed by atoms with E-state index in [1.165, 1.54) is 6.07 Å². The van der Waals surface area contributed by atoms with E-state index in [-0.39, 0.29) is 17.6 Å². The van der Waals surface area contributed by atoms with E-state index in [1.807, 2.05) is 49.7 Å². The fourth-order valence-electron chi connectivity index (χ4n) is 4.53. The van der Waals surface area contributed by atoms with Crippen LogP contribution in [0, 0.1) is 5.82 Å². The van der Waals surface area contributed by atoms with Crippen molar-refractivity contribution in [2.75, 3.05) is 44.7 Å². The number of ether oxygens (including phenoxy) is 2. The number of benzene rings is 2. The maximum Gasteiger partial charge on any atom is 0.270 e. The molecule has 2 aromatic carbocycles. The fraction of sp³-hybridized carbons (Fsp3) is 0.345. The first-order valence-corrected chi connectivity index (χ1v) is 13.1. The second kappa shape index (κ2) is 11.8. The van der Waals surface area contributed by atoms with Gasteiger partial charge in [0.25, 0.3) is 5.91 Å². The Balaban J connectivity index is 1.25. The van der Waals surface area contributed by atoms with E-state index in [4.69, 9.17) is 14.5 Å². The van der Waals surface area contributed by atoms with E-state index < -0.39 is 0 Å². The predicted molar refractivity (Wildman–Crippen MR) is 148 cm³/mol. The Morgan fingerprint density at radius 1 is 1.10 bits per heavy atom. The number of imidazole rings is 1. The summed E-state index contributed by atoms with van der Waals surface area (Å²) in [4.78, 5) is 23.8. The zero-order chi connectivity index (χ0) is 27.4. The number of rotatable bonds is 9. The van der Waals surface area contributed by atoms with Crippen molar-refractivity contribution >= 4 is 28.6 Å². The van der Waals surface area contributed by atoms with Crippen LogP contribution in [-0.2, 0) is 11.8 Å². The lowest BCUT2D eigenvalue weighted by molar-refractivity contribution is 0.0383. The van der Waals surface area contributed by atoms with Crippen molar-refractivity contribution in [2.24, 2.45) is 7.05 Å². The van der Waals surface area contributed by atoms with E-state index in [9.17, 15) is 9.18 Å². The molecule has 1 aliphatic rings. The Morgan fingerprint density at radius 2 is 1.90 bits per heavy atom. The number of aromatic nitrogens is 3. The number of pyridine rings is 1. The molecule has 1 fully saturated rings. The molecule has 0 atom stereocenters. The van der Waals surface area contributed by atoms with E-state index in [2.05, 4.69) is 20.5 Å². The minimum atomic E-state index is -0.244. The van der Waals surface area contributed by atoms with Gasteiger partial charge >= 0.3 is 0 Å². The molecule has 2 aromatic heterocycles. The second-order valence-electron chi connectivity index (χ2n) is 9.85. The highest BCUT2D eigenvalue weighted by Gasteiger charge is 2.14. The van der Waals surface area contributed by atoms with Crippen molar-refractivity contribution in [1.29, 1.82) is 0 Å². The minimum absolute atomic E-state index is 0.0711. The Morgan fingerprint density at radius 3 is 2.69 bits per heavy atom. The number of aryl methyl sites for hydroxylation is 1. The number of amides is 1. The summed E-state index contributed by atoms with van der Waals surface area (Å²) in [6.45, 7) is 8.44. The highest BCUT2D eigenvalue weighted by Crippen LogP contribution is 2.29. The smallest absolute Gasteiger partial charge is 0.270 e. The Labute approximate surface area is 227 Å². The second-order valence-corrected chi connectivity index (χ2v) is 9.85. The van der Waals surface area contributed by atoms with E-state index in [1.54, 1.807) is 24.4 Å². The lowest BCUT2D eigenvalue weighted by atomic mass is 10.0. The molecular formula is C29H33FN6O3. The Bertz CT molecular complexity index is 1460. The summed E-state index contributed by atoms with van der Waals surface area (Å²) in [5, 5.41) is 6.22. The van der Waals surface area contributed by atoms with Crippen molar-refractivity contribution in [2.45, 2.75) is 19.8 Å². The average Bonchev–Trinajstić information content (AvgIpc) is 3.24. The average molecular weight is 533 g/mol. The molecule has 1 amide bonds. The molecule has 39 heavy (non-hydrogen) atoms. The van der Waals surface area contributed by atoms with Gasteiger partial charge in [-0.1, -0.05) is 13.8 Å². The molecule has 0 bridgehead atoms. The van der Waals surface area contributed by atoms with Gasteiger partial charge in [-0.3, -0.25) is 14.7 Å². The molecule has 0 aliphatic carbocycles. The van der Waals surface area contributed by atoms with E-state index >= 15 is 0 Å². The molecule has 9 nitrogen and oxygen atoms in total. The number of hydrogen-bond acceptors (Lipinski definition) is 7. The number of halogens is 1. The molecule has 1 saturated heterocycles. The van der Waals surface area contributed by atoms with Crippen LogP contribution >= 0.6 is 0 Å². The number of fused-ring (bicyclic) bond motifs is 1.